The Morgan fingerprint density at radius 3 is 2.15 bits per heavy atom. The molecule has 0 spiro atoms. The van der Waals surface area contributed by atoms with Crippen molar-refractivity contribution in [3.8, 4) is 6.07 Å². The molecule has 1 aromatic rings. The molecule has 0 aromatic carbocycles. The Bertz CT molecular complexity index is 534. The van der Waals surface area contributed by atoms with Gasteiger partial charge >= 0.3 is 0 Å². The van der Waals surface area contributed by atoms with E-state index in [0.29, 0.717) is 11.8 Å². The SMILES string of the molecule is CC(C)c1oc(C2C3CC4CC(C3)CC2C4)cc1C#N. The summed E-state index contributed by atoms with van der Waals surface area (Å²) < 4.78 is 6.17. The van der Waals surface area contributed by atoms with Crippen LogP contribution < -0.4 is 0 Å². The summed E-state index contributed by atoms with van der Waals surface area (Å²) in [6, 6.07) is 4.38. The molecule has 0 atom stereocenters. The normalized spacial score (nSPS) is 38.4. The summed E-state index contributed by atoms with van der Waals surface area (Å²) in [6.45, 7) is 4.22. The van der Waals surface area contributed by atoms with Gasteiger partial charge < -0.3 is 4.42 Å². The summed E-state index contributed by atoms with van der Waals surface area (Å²) in [6.07, 6.45) is 7.08. The van der Waals surface area contributed by atoms with E-state index < -0.39 is 0 Å². The Morgan fingerprint density at radius 1 is 1.10 bits per heavy atom. The topological polar surface area (TPSA) is 36.9 Å². The molecule has 0 saturated heterocycles. The van der Waals surface area contributed by atoms with Gasteiger partial charge in [-0.2, -0.15) is 5.26 Å². The predicted molar refractivity (Wildman–Crippen MR) is 77.3 cm³/mol. The van der Waals surface area contributed by atoms with Crippen molar-refractivity contribution in [3.63, 3.8) is 0 Å². The van der Waals surface area contributed by atoms with Gasteiger partial charge in [-0.25, -0.2) is 0 Å². The minimum atomic E-state index is 0.301. The van der Waals surface area contributed by atoms with Crippen LogP contribution in [-0.4, -0.2) is 0 Å². The molecule has 106 valence electrons. The molecule has 0 amide bonds. The highest BCUT2D eigenvalue weighted by atomic mass is 16.3. The lowest BCUT2D eigenvalue weighted by atomic mass is 9.51. The van der Waals surface area contributed by atoms with E-state index in [1.165, 1.54) is 32.1 Å². The minimum Gasteiger partial charge on any atom is -0.464 e. The van der Waals surface area contributed by atoms with Gasteiger partial charge in [0.1, 0.15) is 17.6 Å². The molecule has 4 bridgehead atoms. The lowest BCUT2D eigenvalue weighted by Crippen LogP contribution is -2.43. The molecule has 4 saturated carbocycles. The lowest BCUT2D eigenvalue weighted by molar-refractivity contribution is -0.00998. The van der Waals surface area contributed by atoms with E-state index in [4.69, 9.17) is 4.42 Å². The molecular weight excluding hydrogens is 246 g/mol. The van der Waals surface area contributed by atoms with E-state index in [1.54, 1.807) is 0 Å². The summed E-state index contributed by atoms with van der Waals surface area (Å²) in [5.41, 5.74) is 0.767. The quantitative estimate of drug-likeness (QED) is 0.772. The molecular formula is C18H23NO. The zero-order valence-corrected chi connectivity index (χ0v) is 12.4. The second-order valence-corrected chi connectivity index (χ2v) is 7.65. The van der Waals surface area contributed by atoms with Crippen LogP contribution >= 0.6 is 0 Å². The fraction of sp³-hybridized carbons (Fsp3) is 0.722. The van der Waals surface area contributed by atoms with E-state index in [-0.39, 0.29) is 0 Å². The van der Waals surface area contributed by atoms with Crippen molar-refractivity contribution in [2.75, 3.05) is 0 Å². The maximum Gasteiger partial charge on any atom is 0.124 e. The standard InChI is InChI=1S/C18H23NO/c1-10(2)18-15(9-19)8-16(20-18)17-13-4-11-3-12(6-13)7-14(17)5-11/h8,10-14,17H,3-7H2,1-2H3. The zero-order valence-electron chi connectivity index (χ0n) is 12.4. The number of hydrogen-bond donors (Lipinski definition) is 0. The number of nitriles is 1. The maximum atomic E-state index is 9.32. The van der Waals surface area contributed by atoms with Crippen LogP contribution in [-0.2, 0) is 0 Å². The van der Waals surface area contributed by atoms with Gasteiger partial charge in [0, 0.05) is 11.8 Å². The third-order valence-electron chi connectivity index (χ3n) is 5.98. The Morgan fingerprint density at radius 2 is 1.70 bits per heavy atom. The van der Waals surface area contributed by atoms with E-state index >= 15 is 0 Å². The molecule has 0 N–H and O–H groups in total. The average molecular weight is 269 g/mol. The van der Waals surface area contributed by atoms with Crippen molar-refractivity contribution in [1.29, 1.82) is 5.26 Å². The number of rotatable bonds is 2. The van der Waals surface area contributed by atoms with Crippen molar-refractivity contribution < 1.29 is 4.42 Å². The van der Waals surface area contributed by atoms with Crippen molar-refractivity contribution in [3.05, 3.63) is 23.2 Å². The van der Waals surface area contributed by atoms with E-state index in [9.17, 15) is 5.26 Å². The molecule has 2 nitrogen and oxygen atoms in total. The van der Waals surface area contributed by atoms with Crippen LogP contribution in [0.25, 0.3) is 0 Å². The lowest BCUT2D eigenvalue weighted by Gasteiger charge is -2.53. The number of hydrogen-bond acceptors (Lipinski definition) is 2. The smallest absolute Gasteiger partial charge is 0.124 e. The van der Waals surface area contributed by atoms with Crippen LogP contribution in [0.3, 0.4) is 0 Å². The summed E-state index contributed by atoms with van der Waals surface area (Å²) in [5, 5.41) is 9.32. The third-order valence-corrected chi connectivity index (χ3v) is 5.98. The molecule has 0 unspecified atom stereocenters. The predicted octanol–water partition coefficient (Wildman–Crippen LogP) is 4.81. The summed E-state index contributed by atoms with van der Waals surface area (Å²) in [4.78, 5) is 0. The Hall–Kier alpha value is -1.23. The van der Waals surface area contributed by atoms with E-state index in [1.807, 2.05) is 0 Å². The molecule has 4 aliphatic rings. The van der Waals surface area contributed by atoms with Crippen molar-refractivity contribution >= 4 is 0 Å². The summed E-state index contributed by atoms with van der Waals surface area (Å²) >= 11 is 0. The molecule has 0 radical (unpaired) electrons. The van der Waals surface area contributed by atoms with Crippen molar-refractivity contribution in [2.24, 2.45) is 23.7 Å². The second kappa shape index (κ2) is 4.38. The van der Waals surface area contributed by atoms with Crippen LogP contribution in [0.4, 0.5) is 0 Å². The number of furan rings is 1. The van der Waals surface area contributed by atoms with Crippen molar-refractivity contribution in [2.45, 2.75) is 57.8 Å². The fourth-order valence-corrected chi connectivity index (χ4v) is 5.50. The first-order valence-electron chi connectivity index (χ1n) is 8.19. The molecule has 2 heteroatoms. The van der Waals surface area contributed by atoms with E-state index in [2.05, 4.69) is 26.0 Å². The fourth-order valence-electron chi connectivity index (χ4n) is 5.50. The monoisotopic (exact) mass is 269 g/mol. The molecule has 1 heterocycles. The highest BCUT2D eigenvalue weighted by Crippen LogP contribution is 2.60. The first-order chi connectivity index (χ1) is 9.65. The molecule has 20 heavy (non-hydrogen) atoms. The number of nitrogens with zero attached hydrogens (tertiary/aromatic N) is 1. The van der Waals surface area contributed by atoms with Gasteiger partial charge in [-0.1, -0.05) is 13.8 Å². The summed E-state index contributed by atoms with van der Waals surface area (Å²) in [7, 11) is 0. The second-order valence-electron chi connectivity index (χ2n) is 7.65. The Balaban J connectivity index is 1.70. The Labute approximate surface area is 121 Å². The van der Waals surface area contributed by atoms with Gasteiger partial charge in [-0.15, -0.1) is 0 Å². The van der Waals surface area contributed by atoms with Gasteiger partial charge in [0.15, 0.2) is 0 Å². The van der Waals surface area contributed by atoms with Crippen LogP contribution in [0.5, 0.6) is 0 Å². The van der Waals surface area contributed by atoms with Gasteiger partial charge in [-0.3, -0.25) is 0 Å². The van der Waals surface area contributed by atoms with Gasteiger partial charge in [-0.05, 0) is 61.8 Å². The first-order valence-corrected chi connectivity index (χ1v) is 8.19. The van der Waals surface area contributed by atoms with Gasteiger partial charge in [0.25, 0.3) is 0 Å². The van der Waals surface area contributed by atoms with Crippen LogP contribution in [0.1, 0.15) is 74.9 Å². The van der Waals surface area contributed by atoms with Gasteiger partial charge in [0.2, 0.25) is 0 Å². The molecule has 4 fully saturated rings. The van der Waals surface area contributed by atoms with Gasteiger partial charge in [0.05, 0.1) is 5.56 Å². The van der Waals surface area contributed by atoms with Crippen LogP contribution in [0, 0.1) is 35.0 Å². The highest BCUT2D eigenvalue weighted by Gasteiger charge is 2.49. The molecule has 0 aliphatic heterocycles. The Kier molecular flexibility index (Phi) is 2.74. The highest BCUT2D eigenvalue weighted by molar-refractivity contribution is 5.37. The van der Waals surface area contributed by atoms with E-state index in [0.717, 1.165) is 40.8 Å². The average Bonchev–Trinajstić information content (AvgIpc) is 2.81. The largest absolute Gasteiger partial charge is 0.464 e. The maximum absolute atomic E-state index is 9.32. The minimum absolute atomic E-state index is 0.301. The summed E-state index contributed by atoms with van der Waals surface area (Å²) in [5.74, 6) is 6.55. The molecule has 5 rings (SSSR count). The first kappa shape index (κ1) is 12.5. The molecule has 4 aliphatic carbocycles. The van der Waals surface area contributed by atoms with Crippen molar-refractivity contribution in [1.82, 2.24) is 0 Å². The third kappa shape index (κ3) is 1.75. The van der Waals surface area contributed by atoms with Crippen LogP contribution in [0.2, 0.25) is 0 Å². The molecule has 1 aromatic heterocycles. The van der Waals surface area contributed by atoms with Crippen LogP contribution in [0.15, 0.2) is 10.5 Å². The zero-order chi connectivity index (χ0) is 13.9.